The average Bonchev–Trinajstić information content (AvgIpc) is 3.01. The number of amides is 1. The van der Waals surface area contributed by atoms with Gasteiger partial charge in [-0.2, -0.15) is 0 Å². The van der Waals surface area contributed by atoms with Crippen molar-refractivity contribution in [2.45, 2.75) is 45.3 Å². The first-order valence-electron chi connectivity index (χ1n) is 8.42. The number of rotatable bonds is 7. The van der Waals surface area contributed by atoms with Crippen molar-refractivity contribution in [3.05, 3.63) is 41.5 Å². The molecule has 3 N–H and O–H groups in total. The van der Waals surface area contributed by atoms with Gasteiger partial charge in [-0.05, 0) is 38.5 Å². The predicted octanol–water partition coefficient (Wildman–Crippen LogP) is 2.25. The molecule has 0 fully saturated rings. The number of aromatic amines is 1. The van der Waals surface area contributed by atoms with Gasteiger partial charge in [-0.15, -0.1) is 10.2 Å². The average molecular weight is 376 g/mol. The van der Waals surface area contributed by atoms with Crippen LogP contribution in [-0.2, 0) is 22.4 Å². The minimum Gasteiger partial charge on any atom is -0.497 e. The molecule has 9 nitrogen and oxygen atoms in total. The molecule has 0 saturated heterocycles. The number of nitrogens with one attached hydrogen (secondary N) is 2. The first-order chi connectivity index (χ1) is 12.7. The lowest BCUT2D eigenvalue weighted by Crippen LogP contribution is -2.36. The number of carbonyl (C=O) groups excluding carboxylic acids is 1. The van der Waals surface area contributed by atoms with Gasteiger partial charge in [-0.3, -0.25) is 4.79 Å². The fraction of sp³-hybridized carbons (Fsp3) is 0.444. The van der Waals surface area contributed by atoms with Crippen molar-refractivity contribution in [3.8, 4) is 5.75 Å². The number of ether oxygens (including phenoxy) is 2. The van der Waals surface area contributed by atoms with E-state index in [4.69, 9.17) is 14.6 Å². The Morgan fingerprint density at radius 3 is 2.44 bits per heavy atom. The Balaban J connectivity index is 2.20. The van der Waals surface area contributed by atoms with Gasteiger partial charge < -0.3 is 24.9 Å². The fourth-order valence-electron chi connectivity index (χ4n) is 2.35. The van der Waals surface area contributed by atoms with Gasteiger partial charge in [0.15, 0.2) is 5.82 Å². The first-order valence-corrected chi connectivity index (χ1v) is 8.42. The minimum atomic E-state index is -1.02. The zero-order chi connectivity index (χ0) is 20.0. The van der Waals surface area contributed by atoms with Crippen LogP contribution in [-0.4, -0.2) is 45.1 Å². The van der Waals surface area contributed by atoms with Gasteiger partial charge in [0, 0.05) is 6.42 Å². The van der Waals surface area contributed by atoms with Crippen LogP contribution < -0.4 is 10.1 Å². The summed E-state index contributed by atoms with van der Waals surface area (Å²) in [5, 5.41) is 19.5. The summed E-state index contributed by atoms with van der Waals surface area (Å²) in [4.78, 5) is 25.9. The zero-order valence-electron chi connectivity index (χ0n) is 15.8. The van der Waals surface area contributed by atoms with E-state index in [1.807, 2.05) is 24.3 Å². The molecule has 0 aliphatic carbocycles. The summed E-state index contributed by atoms with van der Waals surface area (Å²) in [6, 6.07) is 6.81. The first kappa shape index (κ1) is 20.2. The van der Waals surface area contributed by atoms with Crippen LogP contribution >= 0.6 is 0 Å². The summed E-state index contributed by atoms with van der Waals surface area (Å²) >= 11 is 0. The number of H-pyrrole nitrogens is 1. The number of carbonyl (C=O) groups is 2. The molecule has 146 valence electrons. The number of carboxylic acid groups (broad SMARTS) is 1. The van der Waals surface area contributed by atoms with Crippen LogP contribution in [0.15, 0.2) is 24.3 Å². The molecule has 0 saturated carbocycles. The molecule has 0 radical (unpaired) electrons. The lowest BCUT2D eigenvalue weighted by atomic mass is 10.1. The van der Waals surface area contributed by atoms with E-state index in [2.05, 4.69) is 20.5 Å². The van der Waals surface area contributed by atoms with Gasteiger partial charge in [0.1, 0.15) is 23.6 Å². The molecule has 2 aromatic rings. The van der Waals surface area contributed by atoms with Crippen LogP contribution in [0.25, 0.3) is 0 Å². The highest BCUT2D eigenvalue weighted by molar-refractivity contribution is 5.69. The van der Waals surface area contributed by atoms with E-state index < -0.39 is 23.7 Å². The normalized spacial score (nSPS) is 12.3. The van der Waals surface area contributed by atoms with E-state index in [1.165, 1.54) is 0 Å². The highest BCUT2D eigenvalue weighted by atomic mass is 16.6. The van der Waals surface area contributed by atoms with Gasteiger partial charge in [0.05, 0.1) is 13.2 Å². The SMILES string of the molecule is COc1ccc(CC(NC(=O)OC(C)(C)C)c2nnc(CC(=O)O)[nH]2)cc1. The van der Waals surface area contributed by atoms with Crippen molar-refractivity contribution >= 4 is 12.1 Å². The molecule has 0 aliphatic heterocycles. The maximum atomic E-state index is 12.2. The number of methoxy groups -OCH3 is 1. The Labute approximate surface area is 157 Å². The molecule has 1 amide bonds. The van der Waals surface area contributed by atoms with E-state index in [-0.39, 0.29) is 12.2 Å². The summed E-state index contributed by atoms with van der Waals surface area (Å²) in [5.41, 5.74) is 0.276. The number of benzene rings is 1. The molecule has 0 spiro atoms. The predicted molar refractivity (Wildman–Crippen MR) is 96.5 cm³/mol. The molecule has 0 aliphatic rings. The van der Waals surface area contributed by atoms with Crippen LogP contribution in [0.1, 0.15) is 44.0 Å². The maximum absolute atomic E-state index is 12.2. The minimum absolute atomic E-state index is 0.211. The third-order valence-electron chi connectivity index (χ3n) is 3.49. The van der Waals surface area contributed by atoms with E-state index in [0.717, 1.165) is 11.3 Å². The molecule has 9 heteroatoms. The molecule has 27 heavy (non-hydrogen) atoms. The summed E-state index contributed by atoms with van der Waals surface area (Å²) in [5.74, 6) is 0.263. The summed E-state index contributed by atoms with van der Waals surface area (Å²) < 4.78 is 10.5. The zero-order valence-corrected chi connectivity index (χ0v) is 15.8. The quantitative estimate of drug-likeness (QED) is 0.676. The van der Waals surface area contributed by atoms with E-state index in [0.29, 0.717) is 12.2 Å². The topological polar surface area (TPSA) is 126 Å². The number of alkyl carbamates (subject to hydrolysis) is 1. The molecular formula is C18H24N4O5. The summed E-state index contributed by atoms with van der Waals surface area (Å²) in [7, 11) is 1.58. The molecule has 1 unspecified atom stereocenters. The van der Waals surface area contributed by atoms with Crippen molar-refractivity contribution < 1.29 is 24.2 Å². The Morgan fingerprint density at radius 1 is 1.22 bits per heavy atom. The summed E-state index contributed by atoms with van der Waals surface area (Å²) in [6.45, 7) is 5.30. The third kappa shape index (κ3) is 6.61. The number of hydrogen-bond donors (Lipinski definition) is 3. The number of carboxylic acids is 1. The second kappa shape index (κ2) is 8.52. The Kier molecular flexibility index (Phi) is 6.38. The number of hydrogen-bond acceptors (Lipinski definition) is 6. The molecule has 1 aromatic carbocycles. The van der Waals surface area contributed by atoms with Crippen LogP contribution in [0.3, 0.4) is 0 Å². The molecule has 2 rings (SSSR count). The Bertz CT molecular complexity index is 780. The second-order valence-corrected chi connectivity index (χ2v) is 6.98. The lowest BCUT2D eigenvalue weighted by molar-refractivity contribution is -0.136. The Hall–Kier alpha value is -3.10. The van der Waals surface area contributed by atoms with Crippen molar-refractivity contribution in [2.24, 2.45) is 0 Å². The molecule has 0 bridgehead atoms. The van der Waals surface area contributed by atoms with Gasteiger partial charge in [0.25, 0.3) is 0 Å². The molecule has 1 heterocycles. The molecular weight excluding hydrogens is 352 g/mol. The number of aromatic nitrogens is 3. The van der Waals surface area contributed by atoms with E-state index >= 15 is 0 Å². The van der Waals surface area contributed by atoms with Gasteiger partial charge in [-0.25, -0.2) is 4.79 Å². The van der Waals surface area contributed by atoms with Crippen LogP contribution in [0.4, 0.5) is 4.79 Å². The number of aliphatic carboxylic acids is 1. The molecule has 1 atom stereocenters. The van der Waals surface area contributed by atoms with Crippen molar-refractivity contribution in [1.29, 1.82) is 0 Å². The van der Waals surface area contributed by atoms with Gasteiger partial charge in [-0.1, -0.05) is 12.1 Å². The van der Waals surface area contributed by atoms with Crippen LogP contribution in [0, 0.1) is 0 Å². The van der Waals surface area contributed by atoms with Crippen LogP contribution in [0.5, 0.6) is 5.75 Å². The van der Waals surface area contributed by atoms with Crippen molar-refractivity contribution in [1.82, 2.24) is 20.5 Å². The van der Waals surface area contributed by atoms with Crippen molar-refractivity contribution in [3.63, 3.8) is 0 Å². The van der Waals surface area contributed by atoms with E-state index in [9.17, 15) is 9.59 Å². The monoisotopic (exact) mass is 376 g/mol. The number of nitrogens with zero attached hydrogens (tertiary/aromatic N) is 2. The highest BCUT2D eigenvalue weighted by Gasteiger charge is 2.23. The fourth-order valence-corrected chi connectivity index (χ4v) is 2.35. The smallest absolute Gasteiger partial charge is 0.408 e. The van der Waals surface area contributed by atoms with E-state index in [1.54, 1.807) is 27.9 Å². The van der Waals surface area contributed by atoms with Gasteiger partial charge in [0.2, 0.25) is 0 Å². The van der Waals surface area contributed by atoms with Crippen LogP contribution in [0.2, 0.25) is 0 Å². The Morgan fingerprint density at radius 2 is 1.89 bits per heavy atom. The third-order valence-corrected chi connectivity index (χ3v) is 3.49. The standard InChI is InChI=1S/C18H24N4O5/c1-18(2,3)27-17(25)19-13(9-11-5-7-12(26-4)8-6-11)16-20-14(21-22-16)10-15(23)24/h5-8,13H,9-10H2,1-4H3,(H,19,25)(H,23,24)(H,20,21,22). The largest absolute Gasteiger partial charge is 0.497 e. The summed E-state index contributed by atoms with van der Waals surface area (Å²) in [6.07, 6.45) is -0.475. The van der Waals surface area contributed by atoms with Gasteiger partial charge >= 0.3 is 12.1 Å². The lowest BCUT2D eigenvalue weighted by Gasteiger charge is -2.22. The second-order valence-electron chi connectivity index (χ2n) is 6.98. The van der Waals surface area contributed by atoms with Crippen molar-refractivity contribution in [2.75, 3.05) is 7.11 Å². The highest BCUT2D eigenvalue weighted by Crippen LogP contribution is 2.19. The molecule has 1 aromatic heterocycles. The maximum Gasteiger partial charge on any atom is 0.408 e.